The zero-order valence-corrected chi connectivity index (χ0v) is 11.4. The molecule has 0 saturated heterocycles. The molecule has 23 heavy (non-hydrogen) atoms. The highest BCUT2D eigenvalue weighted by Gasteiger charge is 2.17. The fourth-order valence-corrected chi connectivity index (χ4v) is 1.60. The third kappa shape index (κ3) is 3.76. The van der Waals surface area contributed by atoms with Crippen LogP contribution in [-0.4, -0.2) is 23.5 Å². The summed E-state index contributed by atoms with van der Waals surface area (Å²) in [6.45, 7) is -0.842. The number of benzene rings is 1. The molecule has 0 atom stereocenters. The number of anilines is 1. The van der Waals surface area contributed by atoms with Crippen LogP contribution >= 0.6 is 0 Å². The molecule has 1 aromatic carbocycles. The summed E-state index contributed by atoms with van der Waals surface area (Å²) in [6.07, 6.45) is 1.30. The van der Waals surface area contributed by atoms with Crippen molar-refractivity contribution in [2.24, 2.45) is 0 Å². The second-order valence-electron chi connectivity index (χ2n) is 4.26. The Morgan fingerprint density at radius 1 is 1.13 bits per heavy atom. The first kappa shape index (κ1) is 16.3. The van der Waals surface area contributed by atoms with Gasteiger partial charge >= 0.3 is 5.97 Å². The average molecular weight is 326 g/mol. The van der Waals surface area contributed by atoms with Crippen molar-refractivity contribution in [2.45, 2.75) is 0 Å². The van der Waals surface area contributed by atoms with Crippen LogP contribution in [-0.2, 0) is 9.53 Å². The van der Waals surface area contributed by atoms with E-state index in [1.165, 1.54) is 18.3 Å². The average Bonchev–Trinajstić information content (AvgIpc) is 2.53. The summed E-state index contributed by atoms with van der Waals surface area (Å²) in [6, 6.07) is 4.02. The van der Waals surface area contributed by atoms with Gasteiger partial charge in [-0.2, -0.15) is 0 Å². The first-order valence-corrected chi connectivity index (χ1v) is 6.18. The van der Waals surface area contributed by atoms with Gasteiger partial charge in [0.15, 0.2) is 24.1 Å². The first-order chi connectivity index (χ1) is 10.9. The van der Waals surface area contributed by atoms with E-state index in [9.17, 15) is 27.6 Å². The van der Waals surface area contributed by atoms with Gasteiger partial charge in [0.1, 0.15) is 5.56 Å². The maximum Gasteiger partial charge on any atom is 0.344 e. The number of esters is 1. The smallest absolute Gasteiger partial charge is 0.344 e. The molecule has 2 rings (SSSR count). The summed E-state index contributed by atoms with van der Waals surface area (Å²) in [5, 5.41) is 1.92. The molecule has 1 heterocycles. The van der Waals surface area contributed by atoms with E-state index in [4.69, 9.17) is 0 Å². The van der Waals surface area contributed by atoms with Crippen molar-refractivity contribution in [3.63, 3.8) is 0 Å². The number of halogens is 3. The van der Waals surface area contributed by atoms with E-state index in [1.807, 2.05) is 5.32 Å². The van der Waals surface area contributed by atoms with Gasteiger partial charge in [0, 0.05) is 6.20 Å². The van der Waals surface area contributed by atoms with Crippen LogP contribution in [0.25, 0.3) is 0 Å². The molecule has 6 nitrogen and oxygen atoms in total. The van der Waals surface area contributed by atoms with Crippen molar-refractivity contribution >= 4 is 17.6 Å². The lowest BCUT2D eigenvalue weighted by Crippen LogP contribution is -2.24. The van der Waals surface area contributed by atoms with Gasteiger partial charge in [-0.25, -0.2) is 18.0 Å². The van der Waals surface area contributed by atoms with Crippen molar-refractivity contribution in [3.05, 3.63) is 63.8 Å². The molecule has 1 amide bonds. The van der Waals surface area contributed by atoms with Gasteiger partial charge < -0.3 is 15.0 Å². The Labute approximate surface area is 126 Å². The molecule has 0 bridgehead atoms. The number of amides is 1. The standard InChI is InChI=1S/C14H9F3N2O4/c15-8-3-4-9(12(17)11(8)16)19-10(20)6-23-14(22)7-2-1-5-18-13(7)21/h1-5H,6H2,(H,18,21)(H,19,20). The van der Waals surface area contributed by atoms with E-state index in [1.54, 1.807) is 0 Å². The molecule has 0 aliphatic rings. The van der Waals surface area contributed by atoms with Gasteiger partial charge in [0.2, 0.25) is 0 Å². The Kier molecular flexibility index (Phi) is 4.79. The van der Waals surface area contributed by atoms with Crippen LogP contribution < -0.4 is 10.9 Å². The minimum absolute atomic E-state index is 0.320. The van der Waals surface area contributed by atoms with Crippen LogP contribution in [0.3, 0.4) is 0 Å². The molecule has 120 valence electrons. The Hall–Kier alpha value is -3.10. The van der Waals surface area contributed by atoms with Gasteiger partial charge in [-0.15, -0.1) is 0 Å². The number of pyridine rings is 1. The normalized spacial score (nSPS) is 10.2. The zero-order valence-electron chi connectivity index (χ0n) is 11.4. The number of hydrogen-bond acceptors (Lipinski definition) is 4. The largest absolute Gasteiger partial charge is 0.452 e. The van der Waals surface area contributed by atoms with E-state index in [-0.39, 0.29) is 5.56 Å². The van der Waals surface area contributed by atoms with Crippen molar-refractivity contribution in [1.29, 1.82) is 0 Å². The summed E-state index contributed by atoms with van der Waals surface area (Å²) in [7, 11) is 0. The number of carbonyl (C=O) groups excluding carboxylic acids is 2. The van der Waals surface area contributed by atoms with E-state index in [0.29, 0.717) is 6.07 Å². The molecule has 0 saturated carbocycles. The maximum atomic E-state index is 13.4. The molecule has 1 aromatic heterocycles. The minimum Gasteiger partial charge on any atom is -0.452 e. The molecular formula is C14H9F3N2O4. The molecule has 0 aliphatic heterocycles. The highest BCUT2D eigenvalue weighted by atomic mass is 19.2. The lowest BCUT2D eigenvalue weighted by molar-refractivity contribution is -0.119. The number of carbonyl (C=O) groups is 2. The topological polar surface area (TPSA) is 88.3 Å². The van der Waals surface area contributed by atoms with Gasteiger partial charge in [-0.3, -0.25) is 9.59 Å². The number of ether oxygens (including phenoxy) is 1. The quantitative estimate of drug-likeness (QED) is 0.660. The predicted molar refractivity (Wildman–Crippen MR) is 72.3 cm³/mol. The summed E-state index contributed by atoms with van der Waals surface area (Å²) < 4.78 is 43.7. The first-order valence-electron chi connectivity index (χ1n) is 6.18. The maximum absolute atomic E-state index is 13.4. The van der Waals surface area contributed by atoms with Crippen molar-refractivity contribution < 1.29 is 27.5 Å². The lowest BCUT2D eigenvalue weighted by Gasteiger charge is -2.08. The highest BCUT2D eigenvalue weighted by molar-refractivity contribution is 5.95. The summed E-state index contributed by atoms with van der Waals surface area (Å²) >= 11 is 0. The number of H-pyrrole nitrogens is 1. The van der Waals surface area contributed by atoms with Crippen molar-refractivity contribution in [2.75, 3.05) is 11.9 Å². The summed E-state index contributed by atoms with van der Waals surface area (Å²) in [5.41, 5.74) is -1.63. The van der Waals surface area contributed by atoms with Crippen LogP contribution in [0.4, 0.5) is 18.9 Å². The van der Waals surface area contributed by atoms with Crippen molar-refractivity contribution in [3.8, 4) is 0 Å². The molecule has 0 spiro atoms. The predicted octanol–water partition coefficient (Wildman–Crippen LogP) is 1.59. The zero-order chi connectivity index (χ0) is 17.0. The monoisotopic (exact) mass is 326 g/mol. The van der Waals surface area contributed by atoms with E-state index in [2.05, 4.69) is 9.72 Å². The van der Waals surface area contributed by atoms with Crippen LogP contribution in [0.15, 0.2) is 35.3 Å². The number of rotatable bonds is 4. The molecule has 0 aliphatic carbocycles. The van der Waals surface area contributed by atoms with Gasteiger partial charge in [0.05, 0.1) is 5.69 Å². The molecule has 2 aromatic rings. The van der Waals surface area contributed by atoms with E-state index in [0.717, 1.165) is 6.07 Å². The Morgan fingerprint density at radius 2 is 1.87 bits per heavy atom. The molecular weight excluding hydrogens is 317 g/mol. The SMILES string of the molecule is O=C(COC(=O)c1ccc[nH]c1=O)Nc1ccc(F)c(F)c1F. The number of aromatic nitrogens is 1. The Bertz CT molecular complexity index is 820. The van der Waals surface area contributed by atoms with Crippen molar-refractivity contribution in [1.82, 2.24) is 4.98 Å². The lowest BCUT2D eigenvalue weighted by atomic mass is 10.2. The van der Waals surface area contributed by atoms with Crippen LogP contribution in [0.2, 0.25) is 0 Å². The Morgan fingerprint density at radius 3 is 2.57 bits per heavy atom. The molecule has 0 unspecified atom stereocenters. The van der Waals surface area contributed by atoms with Crippen LogP contribution in [0, 0.1) is 17.5 Å². The highest BCUT2D eigenvalue weighted by Crippen LogP contribution is 2.19. The summed E-state index contributed by atoms with van der Waals surface area (Å²) in [4.78, 5) is 36.7. The Balaban J connectivity index is 1.99. The minimum atomic E-state index is -1.74. The molecule has 0 radical (unpaired) electrons. The number of nitrogens with one attached hydrogen (secondary N) is 2. The summed E-state index contributed by atoms with van der Waals surface area (Å²) in [5.74, 6) is -6.78. The van der Waals surface area contributed by atoms with Gasteiger partial charge in [-0.05, 0) is 24.3 Å². The molecule has 9 heteroatoms. The molecule has 0 fully saturated rings. The van der Waals surface area contributed by atoms with E-state index < -0.39 is 47.2 Å². The van der Waals surface area contributed by atoms with Gasteiger partial charge in [0.25, 0.3) is 11.5 Å². The number of aromatic amines is 1. The third-order valence-corrected chi connectivity index (χ3v) is 2.68. The number of hydrogen-bond donors (Lipinski definition) is 2. The van der Waals surface area contributed by atoms with Crippen LogP contribution in [0.1, 0.15) is 10.4 Å². The van der Waals surface area contributed by atoms with Crippen LogP contribution in [0.5, 0.6) is 0 Å². The molecule has 2 N–H and O–H groups in total. The fourth-order valence-electron chi connectivity index (χ4n) is 1.60. The second kappa shape index (κ2) is 6.77. The third-order valence-electron chi connectivity index (χ3n) is 2.68. The fraction of sp³-hybridized carbons (Fsp3) is 0.0714. The van der Waals surface area contributed by atoms with E-state index >= 15 is 0 Å². The second-order valence-corrected chi connectivity index (χ2v) is 4.26. The van der Waals surface area contributed by atoms with Gasteiger partial charge in [-0.1, -0.05) is 0 Å².